The molecule has 1 aromatic carbocycles. The van der Waals surface area contributed by atoms with E-state index in [4.69, 9.17) is 16.3 Å². The molecule has 0 saturated carbocycles. The third-order valence-corrected chi connectivity index (χ3v) is 3.67. The van der Waals surface area contributed by atoms with Gasteiger partial charge < -0.3 is 9.30 Å². The van der Waals surface area contributed by atoms with Crippen LogP contribution < -0.4 is 4.74 Å². The van der Waals surface area contributed by atoms with Crippen molar-refractivity contribution in [3.8, 4) is 5.75 Å². The first-order valence-corrected chi connectivity index (χ1v) is 7.36. The topological polar surface area (TPSA) is 27.1 Å². The minimum atomic E-state index is 0.161. The zero-order chi connectivity index (χ0) is 14.8. The van der Waals surface area contributed by atoms with Crippen molar-refractivity contribution in [2.75, 3.05) is 0 Å². The van der Waals surface area contributed by atoms with E-state index in [1.54, 1.807) is 12.4 Å². The molecule has 4 heteroatoms. The number of halogens is 1. The fraction of sp³-hybridized carbons (Fsp3) is 0.235. The Kier molecular flexibility index (Phi) is 3.84. The van der Waals surface area contributed by atoms with Gasteiger partial charge in [-0.3, -0.25) is 4.98 Å². The van der Waals surface area contributed by atoms with E-state index < -0.39 is 0 Å². The van der Waals surface area contributed by atoms with E-state index in [1.165, 1.54) is 0 Å². The lowest BCUT2D eigenvalue weighted by atomic mass is 10.2. The van der Waals surface area contributed by atoms with Crippen LogP contribution in [0.3, 0.4) is 0 Å². The number of hydrogen-bond donors (Lipinski definition) is 0. The van der Waals surface area contributed by atoms with Crippen LogP contribution in [0.25, 0.3) is 10.9 Å². The van der Waals surface area contributed by atoms with Gasteiger partial charge in [-0.25, -0.2) is 0 Å². The number of fused-ring (bicyclic) bond motifs is 1. The van der Waals surface area contributed by atoms with E-state index in [0.29, 0.717) is 5.02 Å². The lowest BCUT2D eigenvalue weighted by Gasteiger charge is -2.12. The molecule has 3 rings (SSSR count). The van der Waals surface area contributed by atoms with Gasteiger partial charge in [0, 0.05) is 30.5 Å². The number of rotatable bonds is 4. The van der Waals surface area contributed by atoms with Gasteiger partial charge in [0.1, 0.15) is 5.75 Å². The first-order valence-electron chi connectivity index (χ1n) is 6.98. The van der Waals surface area contributed by atoms with Crippen LogP contribution in [0.15, 0.2) is 48.9 Å². The highest BCUT2D eigenvalue weighted by Crippen LogP contribution is 2.28. The number of pyridine rings is 1. The second-order valence-electron chi connectivity index (χ2n) is 5.27. The van der Waals surface area contributed by atoms with Crippen molar-refractivity contribution >= 4 is 22.5 Å². The van der Waals surface area contributed by atoms with Gasteiger partial charge in [-0.15, -0.1) is 0 Å². The first kappa shape index (κ1) is 14.0. The van der Waals surface area contributed by atoms with Gasteiger partial charge in [-0.1, -0.05) is 17.7 Å². The number of nitrogens with zero attached hydrogens (tertiary/aromatic N) is 2. The Morgan fingerprint density at radius 2 is 2.10 bits per heavy atom. The van der Waals surface area contributed by atoms with Gasteiger partial charge >= 0.3 is 0 Å². The number of hydrogen-bond acceptors (Lipinski definition) is 2. The summed E-state index contributed by atoms with van der Waals surface area (Å²) in [6.45, 7) is 4.79. The largest absolute Gasteiger partial charge is 0.490 e. The van der Waals surface area contributed by atoms with Gasteiger partial charge in [0.05, 0.1) is 16.6 Å². The van der Waals surface area contributed by atoms with Crippen LogP contribution in [0.2, 0.25) is 5.02 Å². The molecule has 108 valence electrons. The molecule has 3 aromatic rings. The van der Waals surface area contributed by atoms with Crippen molar-refractivity contribution in [2.24, 2.45) is 0 Å². The van der Waals surface area contributed by atoms with Crippen molar-refractivity contribution in [3.05, 3.63) is 59.5 Å². The summed E-state index contributed by atoms with van der Waals surface area (Å²) in [5.41, 5.74) is 2.19. The predicted molar refractivity (Wildman–Crippen MR) is 86.1 cm³/mol. The van der Waals surface area contributed by atoms with E-state index in [9.17, 15) is 0 Å². The summed E-state index contributed by atoms with van der Waals surface area (Å²) >= 11 is 6.19. The van der Waals surface area contributed by atoms with Crippen LogP contribution in [-0.4, -0.2) is 15.7 Å². The number of aromatic nitrogens is 2. The van der Waals surface area contributed by atoms with E-state index >= 15 is 0 Å². The fourth-order valence-corrected chi connectivity index (χ4v) is 2.58. The van der Waals surface area contributed by atoms with Gasteiger partial charge in [-0.2, -0.15) is 0 Å². The average molecular weight is 301 g/mol. The SMILES string of the molecule is CC(C)Oc1cccc2c1ccn2Cc1ccncc1Cl. The molecule has 0 aliphatic heterocycles. The molecule has 0 radical (unpaired) electrons. The van der Waals surface area contributed by atoms with Crippen LogP contribution in [0.5, 0.6) is 5.75 Å². The van der Waals surface area contributed by atoms with Crippen LogP contribution >= 0.6 is 11.6 Å². The van der Waals surface area contributed by atoms with Gasteiger partial charge in [0.2, 0.25) is 0 Å². The smallest absolute Gasteiger partial charge is 0.129 e. The van der Waals surface area contributed by atoms with Crippen LogP contribution in [0, 0.1) is 0 Å². The average Bonchev–Trinajstić information content (AvgIpc) is 2.85. The maximum absolute atomic E-state index is 6.19. The molecule has 0 bridgehead atoms. The standard InChI is InChI=1S/C17H17ClN2O/c1-12(2)21-17-5-3-4-16-14(17)7-9-20(16)11-13-6-8-19-10-15(13)18/h3-10,12H,11H2,1-2H3. The highest BCUT2D eigenvalue weighted by atomic mass is 35.5. The first-order chi connectivity index (χ1) is 10.1. The van der Waals surface area contributed by atoms with Gasteiger partial charge in [0.15, 0.2) is 0 Å². The fourth-order valence-electron chi connectivity index (χ4n) is 2.41. The summed E-state index contributed by atoms with van der Waals surface area (Å²) in [6.07, 6.45) is 5.67. The Morgan fingerprint density at radius 3 is 2.86 bits per heavy atom. The van der Waals surface area contributed by atoms with Crippen molar-refractivity contribution in [3.63, 3.8) is 0 Å². The predicted octanol–water partition coefficient (Wildman–Crippen LogP) is 4.53. The van der Waals surface area contributed by atoms with Crippen molar-refractivity contribution < 1.29 is 4.74 Å². The van der Waals surface area contributed by atoms with Crippen molar-refractivity contribution in [2.45, 2.75) is 26.5 Å². The molecular formula is C17H17ClN2O. The van der Waals surface area contributed by atoms with Crippen LogP contribution in [0.4, 0.5) is 0 Å². The molecule has 0 spiro atoms. The highest BCUT2D eigenvalue weighted by molar-refractivity contribution is 6.31. The minimum Gasteiger partial charge on any atom is -0.490 e. The molecule has 0 aliphatic carbocycles. The maximum atomic E-state index is 6.19. The van der Waals surface area contributed by atoms with Crippen LogP contribution in [0.1, 0.15) is 19.4 Å². The Hall–Kier alpha value is -2.00. The third kappa shape index (κ3) is 2.88. The Balaban J connectivity index is 1.99. The molecule has 2 aromatic heterocycles. The Labute approximate surface area is 129 Å². The molecule has 0 amide bonds. The zero-order valence-electron chi connectivity index (χ0n) is 12.1. The summed E-state index contributed by atoms with van der Waals surface area (Å²) in [5.74, 6) is 0.919. The molecular weight excluding hydrogens is 284 g/mol. The maximum Gasteiger partial charge on any atom is 0.129 e. The normalized spacial score (nSPS) is 11.2. The monoisotopic (exact) mass is 300 g/mol. The van der Waals surface area contributed by atoms with Crippen molar-refractivity contribution in [1.29, 1.82) is 0 Å². The van der Waals surface area contributed by atoms with E-state index in [-0.39, 0.29) is 6.10 Å². The second-order valence-corrected chi connectivity index (χ2v) is 5.67. The van der Waals surface area contributed by atoms with Crippen molar-refractivity contribution in [1.82, 2.24) is 9.55 Å². The van der Waals surface area contributed by atoms with E-state index in [1.807, 2.05) is 32.0 Å². The van der Waals surface area contributed by atoms with E-state index in [0.717, 1.165) is 28.8 Å². The zero-order valence-corrected chi connectivity index (χ0v) is 12.8. The van der Waals surface area contributed by atoms with E-state index in [2.05, 4.69) is 27.9 Å². The third-order valence-electron chi connectivity index (χ3n) is 3.33. The Morgan fingerprint density at radius 1 is 1.24 bits per heavy atom. The summed E-state index contributed by atoms with van der Waals surface area (Å²) in [6, 6.07) is 10.2. The van der Waals surface area contributed by atoms with Crippen LogP contribution in [-0.2, 0) is 6.54 Å². The molecule has 3 nitrogen and oxygen atoms in total. The summed E-state index contributed by atoms with van der Waals surface area (Å²) in [7, 11) is 0. The molecule has 0 unspecified atom stereocenters. The quantitative estimate of drug-likeness (QED) is 0.708. The molecule has 0 atom stereocenters. The number of ether oxygens (including phenoxy) is 1. The second kappa shape index (κ2) is 5.78. The molecule has 0 fully saturated rings. The highest BCUT2D eigenvalue weighted by Gasteiger charge is 2.09. The lowest BCUT2D eigenvalue weighted by molar-refractivity contribution is 0.245. The summed E-state index contributed by atoms with van der Waals surface area (Å²) in [5, 5.41) is 1.81. The minimum absolute atomic E-state index is 0.161. The summed E-state index contributed by atoms with van der Waals surface area (Å²) in [4.78, 5) is 4.02. The summed E-state index contributed by atoms with van der Waals surface area (Å²) < 4.78 is 8.04. The molecule has 2 heterocycles. The molecule has 0 saturated heterocycles. The van der Waals surface area contributed by atoms with Gasteiger partial charge in [0.25, 0.3) is 0 Å². The lowest BCUT2D eigenvalue weighted by Crippen LogP contribution is -2.05. The molecule has 0 aliphatic rings. The number of benzene rings is 1. The Bertz CT molecular complexity index is 764. The molecule has 21 heavy (non-hydrogen) atoms. The molecule has 0 N–H and O–H groups in total. The van der Waals surface area contributed by atoms with Gasteiger partial charge in [-0.05, 0) is 43.7 Å².